The van der Waals surface area contributed by atoms with E-state index in [9.17, 15) is 14.4 Å². The van der Waals surface area contributed by atoms with Crippen molar-refractivity contribution in [2.75, 3.05) is 11.9 Å². The van der Waals surface area contributed by atoms with Gasteiger partial charge in [-0.25, -0.2) is 4.79 Å². The fourth-order valence-electron chi connectivity index (χ4n) is 3.03. The van der Waals surface area contributed by atoms with Crippen molar-refractivity contribution < 1.29 is 14.3 Å². The second-order valence-electron chi connectivity index (χ2n) is 6.55. The second-order valence-corrected chi connectivity index (χ2v) is 7.41. The number of nitrogens with one attached hydrogen (secondary N) is 1. The Hall–Kier alpha value is -3.78. The lowest BCUT2D eigenvalue weighted by atomic mass is 10.1. The number of amides is 1. The molecule has 0 aliphatic heterocycles. The molecule has 4 rings (SSSR count). The van der Waals surface area contributed by atoms with E-state index in [1.807, 2.05) is 12.1 Å². The fourth-order valence-corrected chi connectivity index (χ4v) is 3.42. The van der Waals surface area contributed by atoms with Gasteiger partial charge in [-0.3, -0.25) is 9.59 Å². The van der Waals surface area contributed by atoms with Gasteiger partial charge in [0.2, 0.25) is 0 Å². The van der Waals surface area contributed by atoms with Crippen molar-refractivity contribution in [1.82, 2.24) is 9.78 Å². The summed E-state index contributed by atoms with van der Waals surface area (Å²) >= 11 is 3.34. The Morgan fingerprint density at radius 2 is 1.55 bits per heavy atom. The Labute approximate surface area is 185 Å². The zero-order valence-corrected chi connectivity index (χ0v) is 17.7. The molecule has 31 heavy (non-hydrogen) atoms. The summed E-state index contributed by atoms with van der Waals surface area (Å²) in [5.41, 5.74) is 0.668. The van der Waals surface area contributed by atoms with Crippen molar-refractivity contribution in [2.45, 2.75) is 0 Å². The molecule has 4 aromatic rings. The lowest BCUT2D eigenvalue weighted by Crippen LogP contribution is -2.26. The zero-order chi connectivity index (χ0) is 21.8. The first-order chi connectivity index (χ1) is 15.0. The van der Waals surface area contributed by atoms with Gasteiger partial charge < -0.3 is 10.1 Å². The molecule has 0 atom stereocenters. The first kappa shape index (κ1) is 20.5. The van der Waals surface area contributed by atoms with E-state index in [0.717, 1.165) is 4.68 Å². The first-order valence-electron chi connectivity index (χ1n) is 9.33. The van der Waals surface area contributed by atoms with Gasteiger partial charge in [-0.2, -0.15) is 9.78 Å². The van der Waals surface area contributed by atoms with Gasteiger partial charge in [0.25, 0.3) is 11.5 Å². The average Bonchev–Trinajstić information content (AvgIpc) is 2.80. The lowest BCUT2D eigenvalue weighted by molar-refractivity contribution is -0.119. The van der Waals surface area contributed by atoms with Crippen LogP contribution in [0.2, 0.25) is 0 Å². The van der Waals surface area contributed by atoms with Crippen molar-refractivity contribution in [3.8, 4) is 5.69 Å². The van der Waals surface area contributed by atoms with Crippen LogP contribution in [0.25, 0.3) is 16.5 Å². The Balaban J connectivity index is 1.62. The molecule has 1 N–H and O–H groups in total. The van der Waals surface area contributed by atoms with E-state index in [1.54, 1.807) is 66.7 Å². The van der Waals surface area contributed by atoms with E-state index >= 15 is 0 Å². The smallest absolute Gasteiger partial charge is 0.359 e. The summed E-state index contributed by atoms with van der Waals surface area (Å²) in [6.07, 6.45) is 0. The van der Waals surface area contributed by atoms with Gasteiger partial charge in [0.15, 0.2) is 12.3 Å². The van der Waals surface area contributed by atoms with Gasteiger partial charge in [0.1, 0.15) is 0 Å². The molecule has 1 aromatic heterocycles. The van der Waals surface area contributed by atoms with Gasteiger partial charge in [0, 0.05) is 9.86 Å². The predicted octanol–water partition coefficient (Wildman–Crippen LogP) is 3.94. The molecule has 8 heteroatoms. The Morgan fingerprint density at radius 3 is 2.29 bits per heavy atom. The molecule has 1 heterocycles. The van der Waals surface area contributed by atoms with Crippen LogP contribution in [0.4, 0.5) is 5.69 Å². The minimum atomic E-state index is -0.803. The molecule has 154 valence electrons. The number of rotatable bonds is 5. The van der Waals surface area contributed by atoms with Crippen molar-refractivity contribution >= 4 is 44.3 Å². The molecule has 7 nitrogen and oxygen atoms in total. The molecule has 1 amide bonds. The molecule has 3 aromatic carbocycles. The van der Waals surface area contributed by atoms with E-state index < -0.39 is 18.5 Å². The highest BCUT2D eigenvalue weighted by Crippen LogP contribution is 2.21. The number of aromatic nitrogens is 2. The van der Waals surface area contributed by atoms with Gasteiger partial charge in [-0.15, -0.1) is 0 Å². The standard InChI is InChI=1S/C23H16BrN3O4/c24-18-12-6-7-13-19(18)25-20(28)14-31-23(30)21-16-10-4-5-11-17(16)22(29)27(26-21)15-8-2-1-3-9-15/h1-13H,14H2,(H,25,28). The van der Waals surface area contributed by atoms with Crippen LogP contribution >= 0.6 is 15.9 Å². The molecular formula is C23H16BrN3O4. The number of benzene rings is 3. The van der Waals surface area contributed by atoms with Gasteiger partial charge in [-0.1, -0.05) is 48.5 Å². The van der Waals surface area contributed by atoms with E-state index in [0.29, 0.717) is 26.6 Å². The number of esters is 1. The maximum Gasteiger partial charge on any atom is 0.359 e. The van der Waals surface area contributed by atoms with Crippen LogP contribution < -0.4 is 10.9 Å². The van der Waals surface area contributed by atoms with Gasteiger partial charge in [-0.05, 0) is 46.3 Å². The van der Waals surface area contributed by atoms with Crippen molar-refractivity contribution in [3.63, 3.8) is 0 Å². The highest BCUT2D eigenvalue weighted by molar-refractivity contribution is 9.10. The quantitative estimate of drug-likeness (QED) is 0.439. The molecule has 0 radical (unpaired) electrons. The van der Waals surface area contributed by atoms with Crippen molar-refractivity contribution in [1.29, 1.82) is 0 Å². The lowest BCUT2D eigenvalue weighted by Gasteiger charge is -2.11. The fraction of sp³-hybridized carbons (Fsp3) is 0.0435. The van der Waals surface area contributed by atoms with Crippen LogP contribution in [0.1, 0.15) is 10.5 Å². The Morgan fingerprint density at radius 1 is 0.903 bits per heavy atom. The van der Waals surface area contributed by atoms with Crippen LogP contribution in [0.5, 0.6) is 0 Å². The third kappa shape index (κ3) is 4.39. The van der Waals surface area contributed by atoms with Crippen LogP contribution in [-0.4, -0.2) is 28.3 Å². The molecule has 0 saturated carbocycles. The summed E-state index contributed by atoms with van der Waals surface area (Å²) in [4.78, 5) is 37.9. The van der Waals surface area contributed by atoms with Crippen molar-refractivity contribution in [3.05, 3.63) is 99.4 Å². The topological polar surface area (TPSA) is 90.3 Å². The van der Waals surface area contributed by atoms with Crippen LogP contribution in [-0.2, 0) is 9.53 Å². The number of para-hydroxylation sites is 2. The molecule has 0 saturated heterocycles. The number of halogens is 1. The number of hydrogen-bond donors (Lipinski definition) is 1. The third-order valence-electron chi connectivity index (χ3n) is 4.48. The molecule has 0 aliphatic rings. The second kappa shape index (κ2) is 8.93. The maximum atomic E-state index is 12.9. The number of ether oxygens (including phenoxy) is 1. The van der Waals surface area contributed by atoms with E-state index in [4.69, 9.17) is 4.74 Å². The Bertz CT molecular complexity index is 1340. The summed E-state index contributed by atoms with van der Waals surface area (Å²) in [6, 6.07) is 22.5. The number of hydrogen-bond acceptors (Lipinski definition) is 5. The van der Waals surface area contributed by atoms with E-state index in [2.05, 4.69) is 26.3 Å². The maximum absolute atomic E-state index is 12.9. The summed E-state index contributed by atoms with van der Waals surface area (Å²) in [6.45, 7) is -0.499. The molecule has 0 unspecified atom stereocenters. The van der Waals surface area contributed by atoms with Crippen LogP contribution in [0.3, 0.4) is 0 Å². The van der Waals surface area contributed by atoms with Gasteiger partial charge >= 0.3 is 5.97 Å². The number of carbonyl (C=O) groups excluding carboxylic acids is 2. The molecule has 0 spiro atoms. The highest BCUT2D eigenvalue weighted by Gasteiger charge is 2.19. The Kier molecular flexibility index (Phi) is 5.90. The van der Waals surface area contributed by atoms with Gasteiger partial charge in [0.05, 0.1) is 16.8 Å². The largest absolute Gasteiger partial charge is 0.451 e. The summed E-state index contributed by atoms with van der Waals surface area (Å²) < 4.78 is 7.06. The number of fused-ring (bicyclic) bond motifs is 1. The SMILES string of the molecule is O=C(COC(=O)c1nn(-c2ccccc2)c(=O)c2ccccc12)Nc1ccccc1Br. The average molecular weight is 478 g/mol. The third-order valence-corrected chi connectivity index (χ3v) is 5.17. The normalized spacial score (nSPS) is 10.6. The summed E-state index contributed by atoms with van der Waals surface area (Å²) in [5, 5.41) is 7.58. The highest BCUT2D eigenvalue weighted by atomic mass is 79.9. The number of nitrogens with zero attached hydrogens (tertiary/aromatic N) is 2. The summed E-state index contributed by atoms with van der Waals surface area (Å²) in [5.74, 6) is -1.30. The minimum absolute atomic E-state index is 0.0484. The summed E-state index contributed by atoms with van der Waals surface area (Å²) in [7, 11) is 0. The minimum Gasteiger partial charge on any atom is -0.451 e. The van der Waals surface area contributed by atoms with Crippen molar-refractivity contribution in [2.24, 2.45) is 0 Å². The zero-order valence-electron chi connectivity index (χ0n) is 16.1. The number of carbonyl (C=O) groups is 2. The first-order valence-corrected chi connectivity index (χ1v) is 10.1. The predicted molar refractivity (Wildman–Crippen MR) is 120 cm³/mol. The molecule has 0 fully saturated rings. The number of anilines is 1. The monoisotopic (exact) mass is 477 g/mol. The molecule has 0 bridgehead atoms. The van der Waals surface area contributed by atoms with E-state index in [-0.39, 0.29) is 11.3 Å². The van der Waals surface area contributed by atoms with Crippen LogP contribution in [0.15, 0.2) is 88.1 Å². The molecular weight excluding hydrogens is 462 g/mol. The van der Waals surface area contributed by atoms with E-state index in [1.165, 1.54) is 0 Å². The molecule has 0 aliphatic carbocycles. The van der Waals surface area contributed by atoms with Crippen LogP contribution in [0, 0.1) is 0 Å².